The van der Waals surface area contributed by atoms with Gasteiger partial charge in [0.15, 0.2) is 0 Å². The number of likely N-dealkylation sites (tertiary alicyclic amines) is 1. The van der Waals surface area contributed by atoms with Crippen LogP contribution in [0.3, 0.4) is 0 Å². The van der Waals surface area contributed by atoms with E-state index in [0.717, 1.165) is 85.7 Å². The number of piperidine rings is 3. The summed E-state index contributed by atoms with van der Waals surface area (Å²) in [4.78, 5) is 77.5. The van der Waals surface area contributed by atoms with E-state index in [4.69, 9.17) is 6.57 Å². The minimum absolute atomic E-state index is 0.0577. The smallest absolute Gasteiger partial charge is 0.262 e. The van der Waals surface area contributed by atoms with Gasteiger partial charge >= 0.3 is 0 Å². The van der Waals surface area contributed by atoms with E-state index in [1.807, 2.05) is 23.1 Å². The Morgan fingerprint density at radius 2 is 1.53 bits per heavy atom. The number of imide groups is 2. The predicted octanol–water partition coefficient (Wildman–Crippen LogP) is 5.53. The highest BCUT2D eigenvalue weighted by Crippen LogP contribution is 2.46. The van der Waals surface area contributed by atoms with E-state index in [0.29, 0.717) is 54.8 Å². The van der Waals surface area contributed by atoms with Crippen molar-refractivity contribution in [2.75, 3.05) is 49.1 Å². The monoisotopic (exact) mass is 771 g/mol. The Morgan fingerprint density at radius 1 is 0.877 bits per heavy atom. The summed E-state index contributed by atoms with van der Waals surface area (Å²) in [5.41, 5.74) is 5.57. The second-order valence-corrected chi connectivity index (χ2v) is 17.0. The van der Waals surface area contributed by atoms with E-state index < -0.39 is 35.5 Å². The summed E-state index contributed by atoms with van der Waals surface area (Å²) in [7, 11) is 0. The van der Waals surface area contributed by atoms with Crippen molar-refractivity contribution in [3.63, 3.8) is 0 Å². The number of benzene rings is 3. The highest BCUT2D eigenvalue weighted by Gasteiger charge is 2.46. The molecule has 5 amide bonds. The van der Waals surface area contributed by atoms with Gasteiger partial charge < -0.3 is 14.7 Å². The minimum atomic E-state index is -0.972. The minimum Gasteiger partial charge on any atom is -0.371 e. The summed E-state index contributed by atoms with van der Waals surface area (Å²) in [5, 5.41) is 2.24. The molecule has 1 unspecified atom stereocenters. The number of amides is 5. The summed E-state index contributed by atoms with van der Waals surface area (Å²) >= 11 is 0. The fraction of sp³-hybridized carbons (Fsp3) is 0.455. The summed E-state index contributed by atoms with van der Waals surface area (Å²) in [6.07, 6.45) is 5.17. The second kappa shape index (κ2) is 14.4. The van der Waals surface area contributed by atoms with Crippen LogP contribution >= 0.6 is 0 Å². The molecule has 4 saturated heterocycles. The predicted molar refractivity (Wildman–Crippen MR) is 210 cm³/mol. The summed E-state index contributed by atoms with van der Waals surface area (Å²) in [6, 6.07) is 15.9. The molecule has 0 saturated carbocycles. The fourth-order valence-corrected chi connectivity index (χ4v) is 10.3. The molecule has 12 nitrogen and oxygen atoms in total. The second-order valence-electron chi connectivity index (χ2n) is 17.0. The summed E-state index contributed by atoms with van der Waals surface area (Å²) in [6.45, 7) is 15.7. The number of carbonyl (C=O) groups excluding carboxylic acids is 5. The third kappa shape index (κ3) is 6.73. The molecule has 1 N–H and O–H groups in total. The Kier molecular flexibility index (Phi) is 9.35. The van der Waals surface area contributed by atoms with Crippen molar-refractivity contribution in [1.29, 1.82) is 0 Å². The lowest BCUT2D eigenvalue weighted by Crippen LogP contribution is -2.54. The molecule has 4 fully saturated rings. The molecule has 9 rings (SSSR count). The number of halogens is 1. The number of nitrogens with zero attached hydrogens (tertiary/aromatic N) is 6. The molecule has 0 aliphatic carbocycles. The van der Waals surface area contributed by atoms with Crippen LogP contribution in [0.1, 0.15) is 94.1 Å². The zero-order valence-electron chi connectivity index (χ0n) is 32.1. The van der Waals surface area contributed by atoms with Crippen molar-refractivity contribution in [3.8, 4) is 0 Å². The Bertz CT molecular complexity index is 2180. The molecule has 3 aromatic carbocycles. The van der Waals surface area contributed by atoms with Gasteiger partial charge in [-0.1, -0.05) is 6.07 Å². The van der Waals surface area contributed by atoms with Gasteiger partial charge in [0.1, 0.15) is 11.9 Å². The van der Waals surface area contributed by atoms with Crippen LogP contribution in [0.15, 0.2) is 54.6 Å². The van der Waals surface area contributed by atoms with Crippen LogP contribution in [-0.2, 0) is 22.7 Å². The Balaban J connectivity index is 0.745. The van der Waals surface area contributed by atoms with Crippen molar-refractivity contribution < 1.29 is 28.4 Å². The van der Waals surface area contributed by atoms with E-state index in [1.165, 1.54) is 6.07 Å². The maximum Gasteiger partial charge on any atom is 0.262 e. The van der Waals surface area contributed by atoms with Gasteiger partial charge in [0, 0.05) is 81.8 Å². The van der Waals surface area contributed by atoms with E-state index in [1.54, 1.807) is 18.2 Å². The number of fused-ring (bicyclic) bond motifs is 2. The average molecular weight is 772 g/mol. The summed E-state index contributed by atoms with van der Waals surface area (Å²) < 4.78 is 14.4. The third-order valence-corrected chi connectivity index (χ3v) is 13.4. The van der Waals surface area contributed by atoms with Crippen LogP contribution in [0.5, 0.6) is 0 Å². The van der Waals surface area contributed by atoms with Gasteiger partial charge in [0.05, 0.1) is 17.7 Å². The maximum atomic E-state index is 14.4. The molecule has 0 radical (unpaired) electrons. The highest BCUT2D eigenvalue weighted by molar-refractivity contribution is 6.23. The average Bonchev–Trinajstić information content (AvgIpc) is 3.84. The molecule has 2 atom stereocenters. The van der Waals surface area contributed by atoms with Gasteiger partial charge in [-0.2, -0.15) is 0 Å². The molecule has 1 spiro atoms. The van der Waals surface area contributed by atoms with E-state index in [-0.39, 0.29) is 29.9 Å². The summed E-state index contributed by atoms with van der Waals surface area (Å²) in [5.74, 6) is -1.94. The first kappa shape index (κ1) is 37.0. The zero-order chi connectivity index (χ0) is 39.6. The number of carbonyl (C=O) groups is 5. The van der Waals surface area contributed by atoms with Crippen LogP contribution < -0.4 is 15.1 Å². The van der Waals surface area contributed by atoms with Gasteiger partial charge in [-0.15, -0.1) is 0 Å². The molecular weight excluding hydrogens is 726 g/mol. The highest BCUT2D eigenvalue weighted by atomic mass is 19.1. The number of anilines is 2. The van der Waals surface area contributed by atoms with Crippen molar-refractivity contribution in [1.82, 2.24) is 20.0 Å². The first-order chi connectivity index (χ1) is 27.5. The maximum absolute atomic E-state index is 14.4. The number of nitrogens with one attached hydrogen (secondary N) is 1. The van der Waals surface area contributed by atoms with Crippen LogP contribution in [0, 0.1) is 23.7 Å². The van der Waals surface area contributed by atoms with Crippen molar-refractivity contribution >= 4 is 46.6 Å². The van der Waals surface area contributed by atoms with Gasteiger partial charge in [0.2, 0.25) is 17.5 Å². The number of hydrogen-bond donors (Lipinski definition) is 1. The topological polar surface area (TPSA) is 118 Å². The molecule has 3 aromatic rings. The molecule has 13 heteroatoms. The zero-order valence-corrected chi connectivity index (χ0v) is 32.1. The number of hydrogen-bond acceptors (Lipinski definition) is 8. The molecule has 6 aliphatic heterocycles. The number of rotatable bonds is 6. The largest absolute Gasteiger partial charge is 0.371 e. The van der Waals surface area contributed by atoms with Crippen molar-refractivity contribution in [2.24, 2.45) is 11.3 Å². The Morgan fingerprint density at radius 3 is 2.14 bits per heavy atom. The van der Waals surface area contributed by atoms with Gasteiger partial charge in [-0.05, 0) is 116 Å². The molecular formula is C44H46FN7O5. The molecule has 294 valence electrons. The van der Waals surface area contributed by atoms with E-state index in [2.05, 4.69) is 43.9 Å². The SMILES string of the molecule is [C-]#[N+]c1ccc(N2CC3(CCN(c4ccc(C(=O)N5CCC(CN6Cc7cc8c(cc7C6)C(=O)N(C6CCC(=O)NC6=O)C8=O)CC5)cc4)CC3)C[C@@H]2C)cc1F. The fourth-order valence-electron chi connectivity index (χ4n) is 10.3. The van der Waals surface area contributed by atoms with Gasteiger partial charge in [-0.3, -0.25) is 39.1 Å². The van der Waals surface area contributed by atoms with Crippen LogP contribution in [0.2, 0.25) is 0 Å². The van der Waals surface area contributed by atoms with E-state index in [9.17, 15) is 28.4 Å². The lowest BCUT2D eigenvalue weighted by atomic mass is 9.76. The lowest BCUT2D eigenvalue weighted by Gasteiger charge is -2.40. The lowest BCUT2D eigenvalue weighted by molar-refractivity contribution is -0.136. The van der Waals surface area contributed by atoms with Gasteiger partial charge in [-0.25, -0.2) is 9.24 Å². The molecule has 57 heavy (non-hydrogen) atoms. The Hall–Kier alpha value is -5.61. The third-order valence-electron chi connectivity index (χ3n) is 13.4. The van der Waals surface area contributed by atoms with E-state index >= 15 is 0 Å². The van der Waals surface area contributed by atoms with Crippen molar-refractivity contribution in [2.45, 2.75) is 77.0 Å². The van der Waals surface area contributed by atoms with Crippen LogP contribution in [0.25, 0.3) is 4.85 Å². The quantitative estimate of drug-likeness (QED) is 0.257. The first-order valence-electron chi connectivity index (χ1n) is 20.2. The normalized spacial score (nSPS) is 23.6. The standard InChI is InChI=1S/C44H46FN7O5/c1-27-22-44(26-51(27)33-7-8-37(46-2)36(45)21-33)13-17-49(18-14-44)32-5-3-29(4-6-32)41(55)50-15-11-28(12-16-50)23-48-24-30-19-34-35(20-31(30)25-48)43(57)52(42(34)56)38-9-10-39(53)47-40(38)54/h3-8,19-21,27-28,38H,9-18,22-26H2,1H3,(H,47,53,54)/t27-,38?/m0/s1. The molecule has 0 bridgehead atoms. The van der Waals surface area contributed by atoms with Crippen molar-refractivity contribution in [3.05, 3.63) is 99.6 Å². The van der Waals surface area contributed by atoms with Crippen LogP contribution in [0.4, 0.5) is 21.5 Å². The molecule has 6 heterocycles. The van der Waals surface area contributed by atoms with Gasteiger partial charge in [0.25, 0.3) is 17.7 Å². The molecule has 0 aromatic heterocycles. The molecule has 6 aliphatic rings. The first-order valence-corrected chi connectivity index (χ1v) is 20.2. The Labute approximate surface area is 331 Å². The van der Waals surface area contributed by atoms with Crippen LogP contribution in [-0.4, -0.2) is 95.6 Å².